The van der Waals surface area contributed by atoms with E-state index in [4.69, 9.17) is 21.0 Å². The average Bonchev–Trinajstić information content (AvgIpc) is 2.54. The molecule has 118 valence electrons. The first-order valence-electron chi connectivity index (χ1n) is 7.71. The third-order valence-electron chi connectivity index (χ3n) is 3.34. The lowest BCUT2D eigenvalue weighted by atomic mass is 10.4. The normalized spacial score (nSPS) is 12.4. The van der Waals surface area contributed by atoms with E-state index in [0.717, 1.165) is 49.8 Å². The Bertz CT molecular complexity index is 397. The number of unbranched alkanes of at least 4 members (excludes halogenated alkanes) is 2. The maximum Gasteiger partial charge on any atom is 0.0625 e. The van der Waals surface area contributed by atoms with Gasteiger partial charge in [-0.05, 0) is 49.8 Å². The number of nitriles is 4. The van der Waals surface area contributed by atoms with Crippen molar-refractivity contribution in [2.75, 3.05) is 37.0 Å². The van der Waals surface area contributed by atoms with Crippen molar-refractivity contribution >= 4 is 15.8 Å². The Labute approximate surface area is 137 Å². The highest BCUT2D eigenvalue weighted by molar-refractivity contribution is 7.61. The molecule has 0 bridgehead atoms. The Morgan fingerprint density at radius 1 is 0.455 bits per heavy atom. The smallest absolute Gasteiger partial charge is 0.0625 e. The van der Waals surface area contributed by atoms with Crippen molar-refractivity contribution in [1.29, 1.82) is 21.0 Å². The Morgan fingerprint density at radius 3 is 1.14 bits per heavy atom. The van der Waals surface area contributed by atoms with Gasteiger partial charge in [-0.1, -0.05) is 0 Å². The van der Waals surface area contributed by atoms with Crippen molar-refractivity contribution in [2.24, 2.45) is 0 Å². The standard InChI is InChI=1S/C16H24N4P2/c17-7-1-3-11-21(13-5-9-19)15-16-22(14-6-10-20)12-4-2-8-18/h1-6,11-16H2. The van der Waals surface area contributed by atoms with Gasteiger partial charge in [0, 0.05) is 25.7 Å². The van der Waals surface area contributed by atoms with Crippen LogP contribution in [0.5, 0.6) is 0 Å². The second kappa shape index (κ2) is 16.2. The molecular formula is C16H24N4P2. The Hall–Kier alpha value is -1.18. The van der Waals surface area contributed by atoms with Gasteiger partial charge in [0.25, 0.3) is 0 Å². The first-order valence-corrected chi connectivity index (χ1v) is 11.5. The Morgan fingerprint density at radius 2 is 0.818 bits per heavy atom. The molecule has 0 aromatic rings. The summed E-state index contributed by atoms with van der Waals surface area (Å²) in [6, 6.07) is 8.84. The number of hydrogen-bond acceptors (Lipinski definition) is 4. The molecule has 0 radical (unpaired) electrons. The van der Waals surface area contributed by atoms with Crippen molar-refractivity contribution in [1.82, 2.24) is 0 Å². The molecule has 0 aliphatic rings. The minimum absolute atomic E-state index is 0.150. The molecule has 0 spiro atoms. The minimum atomic E-state index is -0.150. The molecule has 0 rings (SSSR count). The molecule has 4 nitrogen and oxygen atoms in total. The van der Waals surface area contributed by atoms with Crippen LogP contribution >= 0.6 is 15.8 Å². The second-order valence-corrected chi connectivity index (χ2v) is 10.4. The molecule has 0 N–H and O–H groups in total. The van der Waals surface area contributed by atoms with Crippen LogP contribution in [0.25, 0.3) is 0 Å². The maximum absolute atomic E-state index is 8.77. The van der Waals surface area contributed by atoms with Crippen LogP contribution in [-0.4, -0.2) is 37.0 Å². The summed E-state index contributed by atoms with van der Waals surface area (Å²) in [7, 11) is -0.299. The summed E-state index contributed by atoms with van der Waals surface area (Å²) in [5.74, 6) is 0. The van der Waals surface area contributed by atoms with Gasteiger partial charge in [-0.15, -0.1) is 15.8 Å². The summed E-state index contributed by atoms with van der Waals surface area (Å²) < 4.78 is 0. The summed E-state index contributed by atoms with van der Waals surface area (Å²) in [5, 5.41) is 34.8. The fourth-order valence-corrected chi connectivity index (χ4v) is 7.78. The van der Waals surface area contributed by atoms with E-state index in [9.17, 15) is 0 Å². The molecule has 0 saturated heterocycles. The van der Waals surface area contributed by atoms with Crippen LogP contribution in [0.3, 0.4) is 0 Å². The minimum Gasteiger partial charge on any atom is -0.198 e. The zero-order chi connectivity index (χ0) is 16.5. The third kappa shape index (κ3) is 12.6. The topological polar surface area (TPSA) is 95.2 Å². The third-order valence-corrected chi connectivity index (χ3v) is 9.01. The molecule has 0 aliphatic heterocycles. The van der Waals surface area contributed by atoms with E-state index in [1.165, 1.54) is 0 Å². The molecule has 6 heteroatoms. The van der Waals surface area contributed by atoms with Crippen LogP contribution in [0, 0.1) is 45.3 Å². The second-order valence-electron chi connectivity index (χ2n) is 5.02. The van der Waals surface area contributed by atoms with Crippen molar-refractivity contribution < 1.29 is 0 Å². The first-order chi connectivity index (χ1) is 10.8. The number of nitrogens with zero attached hydrogens (tertiary/aromatic N) is 4. The van der Waals surface area contributed by atoms with Gasteiger partial charge in [-0.2, -0.15) is 21.0 Å². The first kappa shape index (κ1) is 20.8. The maximum atomic E-state index is 8.77. The van der Waals surface area contributed by atoms with Gasteiger partial charge >= 0.3 is 0 Å². The Balaban J connectivity index is 4.26. The van der Waals surface area contributed by atoms with Crippen LogP contribution in [-0.2, 0) is 0 Å². The van der Waals surface area contributed by atoms with Gasteiger partial charge in [-0.3, -0.25) is 0 Å². The van der Waals surface area contributed by atoms with Crippen molar-refractivity contribution in [3.8, 4) is 24.3 Å². The molecule has 0 saturated carbocycles. The van der Waals surface area contributed by atoms with Crippen molar-refractivity contribution in [3.05, 3.63) is 0 Å². The van der Waals surface area contributed by atoms with E-state index in [0.29, 0.717) is 25.7 Å². The van der Waals surface area contributed by atoms with Gasteiger partial charge in [-0.25, -0.2) is 0 Å². The summed E-state index contributed by atoms with van der Waals surface area (Å²) in [4.78, 5) is 0. The van der Waals surface area contributed by atoms with E-state index in [1.807, 2.05) is 0 Å². The van der Waals surface area contributed by atoms with Gasteiger partial charge in [0.05, 0.1) is 24.3 Å². The summed E-state index contributed by atoms with van der Waals surface area (Å²) in [6.07, 6.45) is 10.8. The molecule has 0 aromatic carbocycles. The van der Waals surface area contributed by atoms with Gasteiger partial charge in [0.2, 0.25) is 0 Å². The molecule has 0 aliphatic carbocycles. The van der Waals surface area contributed by atoms with Crippen LogP contribution in [0.15, 0.2) is 0 Å². The van der Waals surface area contributed by atoms with Crippen LogP contribution in [0.1, 0.15) is 38.5 Å². The van der Waals surface area contributed by atoms with Gasteiger partial charge < -0.3 is 0 Å². The van der Waals surface area contributed by atoms with Crippen molar-refractivity contribution in [2.45, 2.75) is 38.5 Å². The lowest BCUT2D eigenvalue weighted by Crippen LogP contribution is -2.03. The molecule has 2 unspecified atom stereocenters. The largest absolute Gasteiger partial charge is 0.198 e. The lowest BCUT2D eigenvalue weighted by molar-refractivity contribution is 0.964. The molecule has 0 aromatic heterocycles. The predicted molar refractivity (Wildman–Crippen MR) is 93.2 cm³/mol. The van der Waals surface area contributed by atoms with Crippen molar-refractivity contribution in [3.63, 3.8) is 0 Å². The molecular weight excluding hydrogens is 310 g/mol. The van der Waals surface area contributed by atoms with E-state index in [1.54, 1.807) is 0 Å². The quantitative estimate of drug-likeness (QED) is 0.369. The Kier molecular flexibility index (Phi) is 15.3. The molecule has 0 amide bonds. The molecule has 2 atom stereocenters. The van der Waals surface area contributed by atoms with E-state index in [-0.39, 0.29) is 15.8 Å². The van der Waals surface area contributed by atoms with E-state index >= 15 is 0 Å². The fraction of sp³-hybridized carbons (Fsp3) is 0.750. The zero-order valence-corrected chi connectivity index (χ0v) is 15.0. The van der Waals surface area contributed by atoms with Crippen LogP contribution in [0.2, 0.25) is 0 Å². The van der Waals surface area contributed by atoms with Crippen LogP contribution < -0.4 is 0 Å². The summed E-state index contributed by atoms with van der Waals surface area (Å²) in [6.45, 7) is 0. The van der Waals surface area contributed by atoms with Gasteiger partial charge in [0.15, 0.2) is 0 Å². The average molecular weight is 334 g/mol. The lowest BCUT2D eigenvalue weighted by Gasteiger charge is -2.21. The van der Waals surface area contributed by atoms with Gasteiger partial charge in [0.1, 0.15) is 0 Å². The summed E-state index contributed by atoms with van der Waals surface area (Å²) in [5.41, 5.74) is 0. The highest BCUT2D eigenvalue weighted by Gasteiger charge is 2.13. The molecule has 0 fully saturated rings. The monoisotopic (exact) mass is 334 g/mol. The fourth-order valence-electron chi connectivity index (χ4n) is 2.13. The number of hydrogen-bond donors (Lipinski definition) is 0. The SMILES string of the molecule is N#CCCCP(CCC#N)CCP(CCC#N)CCCC#N. The van der Waals surface area contributed by atoms with E-state index < -0.39 is 0 Å². The molecule has 22 heavy (non-hydrogen) atoms. The van der Waals surface area contributed by atoms with Crippen LogP contribution in [0.4, 0.5) is 0 Å². The van der Waals surface area contributed by atoms with E-state index in [2.05, 4.69) is 24.3 Å². The number of rotatable bonds is 13. The highest BCUT2D eigenvalue weighted by atomic mass is 31.1. The predicted octanol–water partition coefficient (Wildman–Crippen LogP) is 4.39. The summed E-state index contributed by atoms with van der Waals surface area (Å²) >= 11 is 0. The molecule has 0 heterocycles. The zero-order valence-electron chi connectivity index (χ0n) is 13.2. The highest BCUT2D eigenvalue weighted by Crippen LogP contribution is 2.44.